The first-order chi connectivity index (χ1) is 12.6. The molecule has 0 aromatic heterocycles. The van der Waals surface area contributed by atoms with E-state index in [2.05, 4.69) is 10.2 Å². The van der Waals surface area contributed by atoms with Crippen LogP contribution in [0.3, 0.4) is 0 Å². The molecule has 1 aliphatic heterocycles. The summed E-state index contributed by atoms with van der Waals surface area (Å²) in [5, 5.41) is 3.12. The Kier molecular flexibility index (Phi) is 6.23. The monoisotopic (exact) mass is 356 g/mol. The minimum atomic E-state index is -0.204. The van der Waals surface area contributed by atoms with Gasteiger partial charge in [-0.3, -0.25) is 9.69 Å². The minimum absolute atomic E-state index is 0.0370. The maximum Gasteiger partial charge on any atom is 0.251 e. The van der Waals surface area contributed by atoms with Gasteiger partial charge in [0.15, 0.2) is 0 Å². The van der Waals surface area contributed by atoms with Gasteiger partial charge in [0.1, 0.15) is 11.6 Å². The summed E-state index contributed by atoms with van der Waals surface area (Å²) in [6.07, 6.45) is 1.84. The van der Waals surface area contributed by atoms with E-state index in [1.165, 1.54) is 12.1 Å². The van der Waals surface area contributed by atoms with Crippen molar-refractivity contribution in [2.45, 2.75) is 32.4 Å². The molecule has 1 aliphatic rings. The van der Waals surface area contributed by atoms with Crippen molar-refractivity contribution in [2.75, 3.05) is 19.7 Å². The Labute approximate surface area is 154 Å². The first-order valence-corrected chi connectivity index (χ1v) is 9.14. The fourth-order valence-corrected chi connectivity index (χ4v) is 3.22. The van der Waals surface area contributed by atoms with Gasteiger partial charge in [0, 0.05) is 31.2 Å². The van der Waals surface area contributed by atoms with Crippen molar-refractivity contribution >= 4 is 5.91 Å². The van der Waals surface area contributed by atoms with E-state index in [0.717, 1.165) is 43.8 Å². The topological polar surface area (TPSA) is 41.6 Å². The fraction of sp³-hybridized carbons (Fsp3) is 0.381. The molecule has 1 fully saturated rings. The molecule has 138 valence electrons. The third-order valence-electron chi connectivity index (χ3n) is 4.67. The molecule has 2 aromatic carbocycles. The Morgan fingerprint density at radius 1 is 1.12 bits per heavy atom. The van der Waals surface area contributed by atoms with Crippen LogP contribution in [-0.2, 0) is 6.54 Å². The van der Waals surface area contributed by atoms with Crippen molar-refractivity contribution < 1.29 is 13.9 Å². The van der Waals surface area contributed by atoms with Gasteiger partial charge < -0.3 is 10.1 Å². The Morgan fingerprint density at radius 3 is 2.38 bits per heavy atom. The van der Waals surface area contributed by atoms with E-state index in [0.29, 0.717) is 12.2 Å². The lowest BCUT2D eigenvalue weighted by Crippen LogP contribution is -2.44. The quantitative estimate of drug-likeness (QED) is 0.860. The van der Waals surface area contributed by atoms with Crippen LogP contribution in [-0.4, -0.2) is 36.5 Å². The van der Waals surface area contributed by atoms with Gasteiger partial charge in [-0.2, -0.15) is 0 Å². The Morgan fingerprint density at radius 2 is 1.77 bits per heavy atom. The number of carbonyl (C=O) groups is 1. The molecular weight excluding hydrogens is 331 g/mol. The number of hydrogen-bond acceptors (Lipinski definition) is 3. The summed E-state index contributed by atoms with van der Waals surface area (Å²) in [5.74, 6) is 0.535. The molecule has 1 saturated heterocycles. The van der Waals surface area contributed by atoms with Crippen LogP contribution < -0.4 is 10.1 Å². The van der Waals surface area contributed by atoms with E-state index >= 15 is 0 Å². The zero-order chi connectivity index (χ0) is 18.4. The lowest BCUT2D eigenvalue weighted by atomic mass is 10.0. The SMILES string of the molecule is CCOc1ccc(C(=O)NC2CCN(Cc3ccc(F)cc3)CC2)cc1. The van der Waals surface area contributed by atoms with Crippen molar-refractivity contribution in [3.05, 3.63) is 65.5 Å². The number of ether oxygens (including phenoxy) is 1. The smallest absolute Gasteiger partial charge is 0.251 e. The molecule has 5 heteroatoms. The van der Waals surface area contributed by atoms with Crippen molar-refractivity contribution in [3.63, 3.8) is 0 Å². The number of nitrogens with one attached hydrogen (secondary N) is 1. The highest BCUT2D eigenvalue weighted by Crippen LogP contribution is 2.16. The molecule has 3 rings (SSSR count). The number of halogens is 1. The van der Waals surface area contributed by atoms with Crippen molar-refractivity contribution in [1.82, 2.24) is 10.2 Å². The average molecular weight is 356 g/mol. The molecule has 0 bridgehead atoms. The Hall–Kier alpha value is -2.40. The van der Waals surface area contributed by atoms with Gasteiger partial charge in [0.25, 0.3) is 5.91 Å². The number of benzene rings is 2. The predicted octanol–water partition coefficient (Wildman–Crippen LogP) is 3.62. The number of carbonyl (C=O) groups excluding carboxylic acids is 1. The molecular formula is C21H25FN2O2. The highest BCUT2D eigenvalue weighted by Gasteiger charge is 2.21. The molecule has 0 saturated carbocycles. The van der Waals surface area contributed by atoms with Crippen LogP contribution in [0, 0.1) is 5.82 Å². The first kappa shape index (κ1) is 18.4. The number of hydrogen-bond donors (Lipinski definition) is 1. The summed E-state index contributed by atoms with van der Waals surface area (Å²) in [6, 6.07) is 14.1. The van der Waals surface area contributed by atoms with Crippen molar-refractivity contribution in [3.8, 4) is 5.75 Å². The summed E-state index contributed by atoms with van der Waals surface area (Å²) >= 11 is 0. The van der Waals surface area contributed by atoms with Gasteiger partial charge in [-0.25, -0.2) is 4.39 Å². The van der Waals surface area contributed by atoms with E-state index < -0.39 is 0 Å². The predicted molar refractivity (Wildman–Crippen MR) is 99.8 cm³/mol. The summed E-state index contributed by atoms with van der Waals surface area (Å²) in [7, 11) is 0. The van der Waals surface area contributed by atoms with Crippen LogP contribution in [0.4, 0.5) is 4.39 Å². The molecule has 0 atom stereocenters. The standard InChI is InChI=1S/C21H25FN2O2/c1-2-26-20-9-5-17(6-10-20)21(25)23-19-11-13-24(14-12-19)15-16-3-7-18(22)8-4-16/h3-10,19H,2,11-15H2,1H3,(H,23,25). The van der Waals surface area contributed by atoms with Crippen LogP contribution in [0.15, 0.2) is 48.5 Å². The first-order valence-electron chi connectivity index (χ1n) is 9.14. The fourth-order valence-electron chi connectivity index (χ4n) is 3.22. The molecule has 0 spiro atoms. The summed E-state index contributed by atoms with van der Waals surface area (Å²) in [5.41, 5.74) is 1.77. The Balaban J connectivity index is 1.45. The van der Waals surface area contributed by atoms with Crippen LogP contribution in [0.25, 0.3) is 0 Å². The highest BCUT2D eigenvalue weighted by molar-refractivity contribution is 5.94. The van der Waals surface area contributed by atoms with Crippen LogP contribution in [0.5, 0.6) is 5.75 Å². The number of piperidine rings is 1. The van der Waals surface area contributed by atoms with Crippen molar-refractivity contribution in [1.29, 1.82) is 0 Å². The molecule has 4 nitrogen and oxygen atoms in total. The van der Waals surface area contributed by atoms with E-state index in [1.54, 1.807) is 12.1 Å². The molecule has 2 aromatic rings. The summed E-state index contributed by atoms with van der Waals surface area (Å²) in [6.45, 7) is 5.21. The molecule has 0 aliphatic carbocycles. The van der Waals surface area contributed by atoms with Gasteiger partial charge in [-0.1, -0.05) is 12.1 Å². The molecule has 0 radical (unpaired) electrons. The van der Waals surface area contributed by atoms with Gasteiger partial charge in [-0.05, 0) is 61.7 Å². The number of nitrogens with zero attached hydrogens (tertiary/aromatic N) is 1. The molecule has 26 heavy (non-hydrogen) atoms. The van der Waals surface area contributed by atoms with E-state index in [9.17, 15) is 9.18 Å². The van der Waals surface area contributed by atoms with Gasteiger partial charge >= 0.3 is 0 Å². The highest BCUT2D eigenvalue weighted by atomic mass is 19.1. The zero-order valence-electron chi connectivity index (χ0n) is 15.1. The minimum Gasteiger partial charge on any atom is -0.494 e. The second kappa shape index (κ2) is 8.81. The van der Waals surface area contributed by atoms with Crippen LogP contribution in [0.1, 0.15) is 35.7 Å². The van der Waals surface area contributed by atoms with Crippen LogP contribution >= 0.6 is 0 Å². The third kappa shape index (κ3) is 5.05. The van der Waals surface area contributed by atoms with Gasteiger partial charge in [0.2, 0.25) is 0 Å². The Bertz CT molecular complexity index is 708. The number of amides is 1. The normalized spacial score (nSPS) is 15.6. The second-order valence-electron chi connectivity index (χ2n) is 6.61. The van der Waals surface area contributed by atoms with E-state index in [4.69, 9.17) is 4.74 Å². The van der Waals surface area contributed by atoms with E-state index in [-0.39, 0.29) is 17.8 Å². The third-order valence-corrected chi connectivity index (χ3v) is 4.67. The number of rotatable bonds is 6. The summed E-state index contributed by atoms with van der Waals surface area (Å²) in [4.78, 5) is 14.7. The number of likely N-dealkylation sites (tertiary alicyclic amines) is 1. The van der Waals surface area contributed by atoms with Gasteiger partial charge in [-0.15, -0.1) is 0 Å². The van der Waals surface area contributed by atoms with Gasteiger partial charge in [0.05, 0.1) is 6.61 Å². The second-order valence-corrected chi connectivity index (χ2v) is 6.61. The molecule has 1 N–H and O–H groups in total. The van der Waals surface area contributed by atoms with E-state index in [1.807, 2.05) is 31.2 Å². The molecule has 1 amide bonds. The lowest BCUT2D eigenvalue weighted by Gasteiger charge is -2.32. The maximum absolute atomic E-state index is 13.0. The van der Waals surface area contributed by atoms with Crippen molar-refractivity contribution in [2.24, 2.45) is 0 Å². The lowest BCUT2D eigenvalue weighted by molar-refractivity contribution is 0.0909. The summed E-state index contributed by atoms with van der Waals surface area (Å²) < 4.78 is 18.4. The largest absolute Gasteiger partial charge is 0.494 e. The van der Waals surface area contributed by atoms with Crippen LogP contribution in [0.2, 0.25) is 0 Å². The zero-order valence-corrected chi connectivity index (χ0v) is 15.1. The molecule has 1 heterocycles. The average Bonchev–Trinajstić information content (AvgIpc) is 2.66. The maximum atomic E-state index is 13.0. The molecule has 0 unspecified atom stereocenters.